The van der Waals surface area contributed by atoms with Crippen LogP contribution >= 0.6 is 0 Å². The summed E-state index contributed by atoms with van der Waals surface area (Å²) >= 11 is 0. The topological polar surface area (TPSA) is 79.9 Å². The van der Waals surface area contributed by atoms with Crippen LogP contribution in [0.1, 0.15) is 71.5 Å². The zero-order chi connectivity index (χ0) is 41.9. The zero-order valence-corrected chi connectivity index (χ0v) is 35.4. The molecular weight excluding hydrogens is 765 g/mol. The number of pyridine rings is 2. The highest BCUT2D eigenvalue weighted by molar-refractivity contribution is 5.92. The van der Waals surface area contributed by atoms with E-state index < -0.39 is 0 Å². The van der Waals surface area contributed by atoms with Crippen molar-refractivity contribution in [1.29, 1.82) is 0 Å². The summed E-state index contributed by atoms with van der Waals surface area (Å²) in [5, 5.41) is 17.1. The van der Waals surface area contributed by atoms with Crippen LogP contribution in [-0.4, -0.2) is 29.5 Å². The van der Waals surface area contributed by atoms with Gasteiger partial charge in [0.15, 0.2) is 11.3 Å². The first-order valence-electron chi connectivity index (χ1n) is 21.8. The van der Waals surface area contributed by atoms with Crippen LogP contribution in [0.2, 0.25) is 0 Å². The Kier molecular flexibility index (Phi) is 9.29. The van der Waals surface area contributed by atoms with Crippen molar-refractivity contribution in [1.82, 2.24) is 29.5 Å². The smallest absolute Gasteiger partial charge is 0.225 e. The lowest BCUT2D eigenvalue weighted by Gasteiger charge is -2.24. The van der Waals surface area contributed by atoms with Crippen LogP contribution in [0.5, 0.6) is 23.3 Å². The van der Waals surface area contributed by atoms with Gasteiger partial charge in [-0.1, -0.05) is 124 Å². The van der Waals surface area contributed by atoms with Crippen molar-refractivity contribution in [2.75, 3.05) is 0 Å². The number of para-hydroxylation sites is 2. The molecule has 0 aliphatic carbocycles. The Balaban J connectivity index is 0.000000139. The first kappa shape index (κ1) is 37.7. The lowest BCUT2D eigenvalue weighted by molar-refractivity contribution is 0.442. The van der Waals surface area contributed by atoms with E-state index >= 15 is 0 Å². The van der Waals surface area contributed by atoms with Crippen molar-refractivity contribution >= 4 is 43.6 Å². The van der Waals surface area contributed by atoms with E-state index in [1.165, 1.54) is 54.9 Å². The number of benzene rings is 6. The maximum Gasteiger partial charge on any atom is 0.225 e. The van der Waals surface area contributed by atoms with Crippen LogP contribution in [0.25, 0.3) is 55.0 Å². The number of ether oxygens (including phenoxy) is 2. The maximum absolute atomic E-state index is 6.43. The molecule has 62 heavy (non-hydrogen) atoms. The SMILES string of the molecule is CCCc1c2c(nc3c1c(C)nn3-c1ccccc1)Oc1ccc3ccccc3c1C2.CCCc1c2c(nc3c1c(C)nn3-c1ccccc1)Oc1ccc3ccccc3c1C2. The van der Waals surface area contributed by atoms with Crippen molar-refractivity contribution in [2.24, 2.45) is 0 Å². The summed E-state index contributed by atoms with van der Waals surface area (Å²) in [7, 11) is 0. The van der Waals surface area contributed by atoms with Crippen LogP contribution in [0.3, 0.4) is 0 Å². The van der Waals surface area contributed by atoms with Gasteiger partial charge < -0.3 is 9.47 Å². The van der Waals surface area contributed by atoms with E-state index in [-0.39, 0.29) is 0 Å². The van der Waals surface area contributed by atoms with E-state index in [0.717, 1.165) is 107 Å². The molecule has 0 bridgehead atoms. The predicted molar refractivity (Wildman–Crippen MR) is 249 cm³/mol. The van der Waals surface area contributed by atoms with Gasteiger partial charge in [0.1, 0.15) is 11.5 Å². The molecule has 8 heteroatoms. The van der Waals surface area contributed by atoms with E-state index in [0.29, 0.717) is 0 Å². The lowest BCUT2D eigenvalue weighted by Crippen LogP contribution is -2.10. The number of hydrogen-bond donors (Lipinski definition) is 0. The summed E-state index contributed by atoms with van der Waals surface area (Å²) in [5.74, 6) is 3.25. The number of nitrogens with zero attached hydrogens (tertiary/aromatic N) is 6. The van der Waals surface area contributed by atoms with Gasteiger partial charge in [-0.25, -0.2) is 9.36 Å². The van der Waals surface area contributed by atoms with E-state index in [9.17, 15) is 0 Å². The molecule has 2 aliphatic rings. The maximum atomic E-state index is 6.43. The van der Waals surface area contributed by atoms with Crippen LogP contribution in [0.4, 0.5) is 0 Å². The van der Waals surface area contributed by atoms with Crippen molar-refractivity contribution < 1.29 is 9.47 Å². The van der Waals surface area contributed by atoms with Gasteiger partial charge in [-0.15, -0.1) is 0 Å². The molecule has 0 atom stereocenters. The number of aryl methyl sites for hydroxylation is 4. The van der Waals surface area contributed by atoms with Crippen molar-refractivity contribution in [3.8, 4) is 34.6 Å². The number of aromatic nitrogens is 6. The van der Waals surface area contributed by atoms with Crippen molar-refractivity contribution in [2.45, 2.75) is 66.2 Å². The van der Waals surface area contributed by atoms with Gasteiger partial charge in [0.2, 0.25) is 11.8 Å². The molecule has 4 aromatic heterocycles. The summed E-state index contributed by atoms with van der Waals surface area (Å²) in [4.78, 5) is 10.0. The van der Waals surface area contributed by atoms with E-state index in [2.05, 4.69) is 125 Å². The lowest BCUT2D eigenvalue weighted by atomic mass is 9.91. The van der Waals surface area contributed by atoms with Crippen molar-refractivity contribution in [3.63, 3.8) is 0 Å². The molecule has 2 aliphatic heterocycles. The third-order valence-electron chi connectivity index (χ3n) is 12.5. The molecule has 0 unspecified atom stereocenters. The second-order valence-electron chi connectivity index (χ2n) is 16.4. The predicted octanol–water partition coefficient (Wildman–Crippen LogP) is 13.1. The molecule has 304 valence electrons. The molecule has 6 heterocycles. The summed E-state index contributed by atoms with van der Waals surface area (Å²) < 4.78 is 16.8. The Morgan fingerprint density at radius 1 is 0.468 bits per heavy atom. The van der Waals surface area contributed by atoms with Gasteiger partial charge in [0.05, 0.1) is 22.8 Å². The third-order valence-corrected chi connectivity index (χ3v) is 12.5. The second-order valence-corrected chi connectivity index (χ2v) is 16.4. The second kappa shape index (κ2) is 15.3. The minimum Gasteiger partial charge on any atom is -0.438 e. The highest BCUT2D eigenvalue weighted by Gasteiger charge is 2.29. The largest absolute Gasteiger partial charge is 0.438 e. The standard InChI is InChI=1S/2C27H23N3O/c2*1-3-9-21-23-16-22-20-13-8-7-10-18(20)14-15-24(22)31-27(23)28-26-25(21)17(2)29-30(26)19-11-5-4-6-12-19/h2*4-8,10-15H,3,9,16H2,1-2H3. The fraction of sp³-hybridized carbons (Fsp3) is 0.185. The summed E-state index contributed by atoms with van der Waals surface area (Å²) in [6.45, 7) is 8.62. The number of fused-ring (bicyclic) bond motifs is 10. The van der Waals surface area contributed by atoms with E-state index in [1.54, 1.807) is 0 Å². The Morgan fingerprint density at radius 3 is 1.29 bits per heavy atom. The van der Waals surface area contributed by atoms with Crippen molar-refractivity contribution in [3.05, 3.63) is 178 Å². The van der Waals surface area contributed by atoms with Crippen LogP contribution in [0.15, 0.2) is 133 Å². The van der Waals surface area contributed by atoms with E-state index in [4.69, 9.17) is 29.6 Å². The van der Waals surface area contributed by atoms with Crippen LogP contribution in [0, 0.1) is 13.8 Å². The summed E-state index contributed by atoms with van der Waals surface area (Å²) in [6, 6.07) is 45.9. The van der Waals surface area contributed by atoms with Gasteiger partial charge in [0.25, 0.3) is 0 Å². The fourth-order valence-corrected chi connectivity index (χ4v) is 9.66. The fourth-order valence-electron chi connectivity index (χ4n) is 9.66. The first-order chi connectivity index (χ1) is 30.5. The minimum atomic E-state index is 0.718. The Hall–Kier alpha value is -7.32. The van der Waals surface area contributed by atoms with Crippen LogP contribution < -0.4 is 9.47 Å². The van der Waals surface area contributed by atoms with E-state index in [1.807, 2.05) is 45.8 Å². The molecular formula is C54H46N6O2. The summed E-state index contributed by atoms with van der Waals surface area (Å²) in [6.07, 6.45) is 5.74. The minimum absolute atomic E-state index is 0.718. The summed E-state index contributed by atoms with van der Waals surface area (Å²) in [5.41, 5.74) is 13.3. The molecule has 0 saturated heterocycles. The highest BCUT2D eigenvalue weighted by Crippen LogP contribution is 2.45. The monoisotopic (exact) mass is 810 g/mol. The van der Waals surface area contributed by atoms with Gasteiger partial charge >= 0.3 is 0 Å². The van der Waals surface area contributed by atoms with Gasteiger partial charge in [-0.2, -0.15) is 20.2 Å². The average Bonchev–Trinajstić information content (AvgIpc) is 3.83. The molecule has 10 aromatic rings. The zero-order valence-electron chi connectivity index (χ0n) is 35.4. The highest BCUT2D eigenvalue weighted by atomic mass is 16.5. The Bertz CT molecular complexity index is 3130. The molecule has 0 fully saturated rings. The quantitative estimate of drug-likeness (QED) is 0.166. The molecule has 0 saturated carbocycles. The molecule has 0 N–H and O–H groups in total. The molecule has 0 spiro atoms. The van der Waals surface area contributed by atoms with Crippen LogP contribution in [-0.2, 0) is 25.7 Å². The molecule has 0 radical (unpaired) electrons. The third kappa shape index (κ3) is 6.20. The normalized spacial score (nSPS) is 12.6. The molecule has 0 amide bonds. The molecule has 12 rings (SSSR count). The number of hydrogen-bond acceptors (Lipinski definition) is 6. The van der Waals surface area contributed by atoms with Gasteiger partial charge in [-0.3, -0.25) is 0 Å². The molecule has 8 nitrogen and oxygen atoms in total. The van der Waals surface area contributed by atoms with Gasteiger partial charge in [-0.05, 0) is 95.8 Å². The Morgan fingerprint density at radius 2 is 0.871 bits per heavy atom. The van der Waals surface area contributed by atoms with Gasteiger partial charge in [0, 0.05) is 45.9 Å². The Labute approximate surface area is 360 Å². The first-order valence-corrected chi connectivity index (χ1v) is 21.8. The number of rotatable bonds is 6. The molecule has 6 aromatic carbocycles. The average molecular weight is 811 g/mol.